The zero-order chi connectivity index (χ0) is 13.9. The van der Waals surface area contributed by atoms with Crippen molar-refractivity contribution in [2.24, 2.45) is 0 Å². The van der Waals surface area contributed by atoms with Crippen LogP contribution in [-0.2, 0) is 9.84 Å². The fraction of sp³-hybridized carbons (Fsp3) is 0.500. The quantitative estimate of drug-likeness (QED) is 0.768. The first-order valence-corrected chi connectivity index (χ1v) is 8.71. The van der Waals surface area contributed by atoms with Crippen LogP contribution in [0, 0.1) is 11.3 Å². The molecule has 1 aromatic rings. The van der Waals surface area contributed by atoms with Crippen LogP contribution >= 0.6 is 15.9 Å². The molecule has 3 nitrogen and oxygen atoms in total. The molecule has 19 heavy (non-hydrogen) atoms. The second-order valence-corrected chi connectivity index (χ2v) is 8.04. The highest BCUT2D eigenvalue weighted by Crippen LogP contribution is 2.39. The zero-order valence-corrected chi connectivity index (χ0v) is 13.0. The summed E-state index contributed by atoms with van der Waals surface area (Å²) in [5.74, 6) is 0. The number of nitriles is 1. The van der Waals surface area contributed by atoms with Crippen molar-refractivity contribution in [1.82, 2.24) is 0 Å². The standard InChI is InChI=1S/C14H16BrNO2S/c15-12-7-3-4-8-13(12)19(17,18)14(11-16)9-5-1-2-6-10-14/h3-4,7-8H,1-2,5-6,9-10H2. The summed E-state index contributed by atoms with van der Waals surface area (Å²) in [6.45, 7) is 0. The number of sulfone groups is 1. The lowest BCUT2D eigenvalue weighted by atomic mass is 10.0. The van der Waals surface area contributed by atoms with E-state index in [0.717, 1.165) is 25.7 Å². The normalized spacial score (nSPS) is 19.4. The molecular weight excluding hydrogens is 326 g/mol. The molecule has 1 aliphatic carbocycles. The molecule has 0 spiro atoms. The molecule has 0 heterocycles. The molecule has 102 valence electrons. The molecule has 0 radical (unpaired) electrons. The Bertz CT molecular complexity index is 596. The number of benzene rings is 1. The van der Waals surface area contributed by atoms with Gasteiger partial charge in [-0.2, -0.15) is 5.26 Å². The van der Waals surface area contributed by atoms with Crippen molar-refractivity contribution in [3.05, 3.63) is 28.7 Å². The molecule has 1 aliphatic rings. The summed E-state index contributed by atoms with van der Waals surface area (Å²) in [5.41, 5.74) is 0. The summed E-state index contributed by atoms with van der Waals surface area (Å²) in [6, 6.07) is 8.86. The van der Waals surface area contributed by atoms with Gasteiger partial charge in [-0.05, 0) is 40.9 Å². The predicted molar refractivity (Wildman–Crippen MR) is 77.4 cm³/mol. The van der Waals surface area contributed by atoms with Gasteiger partial charge in [-0.3, -0.25) is 0 Å². The Labute approximate surface area is 122 Å². The summed E-state index contributed by atoms with van der Waals surface area (Å²) >= 11 is 3.28. The highest BCUT2D eigenvalue weighted by Gasteiger charge is 2.45. The smallest absolute Gasteiger partial charge is 0.198 e. The highest BCUT2D eigenvalue weighted by molar-refractivity contribution is 9.10. The van der Waals surface area contributed by atoms with Gasteiger partial charge in [0.25, 0.3) is 0 Å². The predicted octanol–water partition coefficient (Wildman–Crippen LogP) is 3.84. The Morgan fingerprint density at radius 1 is 1.11 bits per heavy atom. The fourth-order valence-electron chi connectivity index (χ4n) is 2.61. The third kappa shape index (κ3) is 2.56. The number of hydrogen-bond acceptors (Lipinski definition) is 3. The molecule has 0 bridgehead atoms. The molecule has 0 unspecified atom stereocenters. The third-order valence-electron chi connectivity index (χ3n) is 3.76. The monoisotopic (exact) mass is 341 g/mol. The molecule has 0 aliphatic heterocycles. The maximum absolute atomic E-state index is 12.9. The number of rotatable bonds is 2. The summed E-state index contributed by atoms with van der Waals surface area (Å²) < 4.78 is 25.0. The number of hydrogen-bond donors (Lipinski definition) is 0. The minimum Gasteiger partial charge on any atom is -0.222 e. The van der Waals surface area contributed by atoms with Crippen molar-refractivity contribution in [3.8, 4) is 6.07 Å². The van der Waals surface area contributed by atoms with E-state index in [1.807, 2.05) is 0 Å². The SMILES string of the molecule is N#CC1(S(=O)(=O)c2ccccc2Br)CCCCCC1. The minimum atomic E-state index is -3.64. The van der Waals surface area contributed by atoms with E-state index >= 15 is 0 Å². The van der Waals surface area contributed by atoms with Crippen LogP contribution < -0.4 is 0 Å². The van der Waals surface area contributed by atoms with Gasteiger partial charge in [0.15, 0.2) is 14.6 Å². The van der Waals surface area contributed by atoms with Crippen LogP contribution in [0.15, 0.2) is 33.6 Å². The van der Waals surface area contributed by atoms with Gasteiger partial charge in [0.1, 0.15) is 0 Å². The molecule has 0 N–H and O–H groups in total. The molecule has 0 atom stereocenters. The van der Waals surface area contributed by atoms with E-state index in [4.69, 9.17) is 0 Å². The second-order valence-electron chi connectivity index (χ2n) is 4.95. The molecule has 2 rings (SSSR count). The lowest BCUT2D eigenvalue weighted by molar-refractivity contribution is 0.522. The molecule has 0 saturated heterocycles. The average molecular weight is 342 g/mol. The van der Waals surface area contributed by atoms with Gasteiger partial charge in [-0.1, -0.05) is 37.8 Å². The fourth-order valence-corrected chi connectivity index (χ4v) is 5.49. The van der Waals surface area contributed by atoms with E-state index in [1.165, 1.54) is 0 Å². The molecule has 1 aromatic carbocycles. The second kappa shape index (κ2) is 5.64. The van der Waals surface area contributed by atoms with Crippen LogP contribution in [0.4, 0.5) is 0 Å². The first-order chi connectivity index (χ1) is 9.03. The van der Waals surface area contributed by atoms with E-state index in [-0.39, 0.29) is 4.90 Å². The van der Waals surface area contributed by atoms with Crippen molar-refractivity contribution in [2.45, 2.75) is 48.2 Å². The summed E-state index contributed by atoms with van der Waals surface area (Å²) in [6.07, 6.45) is 4.50. The van der Waals surface area contributed by atoms with E-state index < -0.39 is 14.6 Å². The van der Waals surface area contributed by atoms with Gasteiger partial charge >= 0.3 is 0 Å². The summed E-state index contributed by atoms with van der Waals surface area (Å²) in [5, 5.41) is 9.51. The molecular formula is C14H16BrNO2S. The molecule has 5 heteroatoms. The summed E-state index contributed by atoms with van der Waals surface area (Å²) in [7, 11) is -3.64. The minimum absolute atomic E-state index is 0.235. The molecule has 0 aromatic heterocycles. The first kappa shape index (κ1) is 14.5. The Morgan fingerprint density at radius 3 is 2.21 bits per heavy atom. The van der Waals surface area contributed by atoms with Gasteiger partial charge in [0, 0.05) is 4.47 Å². The van der Waals surface area contributed by atoms with Crippen LogP contribution in [0.2, 0.25) is 0 Å². The van der Waals surface area contributed by atoms with Gasteiger partial charge < -0.3 is 0 Å². The first-order valence-electron chi connectivity index (χ1n) is 6.44. The third-order valence-corrected chi connectivity index (χ3v) is 7.17. The van der Waals surface area contributed by atoms with Gasteiger partial charge in [0.2, 0.25) is 0 Å². The zero-order valence-electron chi connectivity index (χ0n) is 10.6. The summed E-state index contributed by atoms with van der Waals surface area (Å²) in [4.78, 5) is 0.235. The van der Waals surface area contributed by atoms with Gasteiger partial charge in [0.05, 0.1) is 11.0 Å². The Kier molecular flexibility index (Phi) is 4.32. The van der Waals surface area contributed by atoms with Crippen molar-refractivity contribution in [2.75, 3.05) is 0 Å². The van der Waals surface area contributed by atoms with Crippen molar-refractivity contribution >= 4 is 25.8 Å². The lowest BCUT2D eigenvalue weighted by Gasteiger charge is -2.25. The molecule has 0 amide bonds. The topological polar surface area (TPSA) is 57.9 Å². The van der Waals surface area contributed by atoms with Crippen LogP contribution in [0.1, 0.15) is 38.5 Å². The molecule has 1 saturated carbocycles. The van der Waals surface area contributed by atoms with Crippen LogP contribution in [0.5, 0.6) is 0 Å². The van der Waals surface area contributed by atoms with Crippen LogP contribution in [0.3, 0.4) is 0 Å². The molecule has 1 fully saturated rings. The number of nitrogens with zero attached hydrogens (tertiary/aromatic N) is 1. The van der Waals surface area contributed by atoms with Crippen LogP contribution in [-0.4, -0.2) is 13.2 Å². The van der Waals surface area contributed by atoms with Crippen molar-refractivity contribution < 1.29 is 8.42 Å². The Hall–Kier alpha value is -0.860. The van der Waals surface area contributed by atoms with E-state index in [0.29, 0.717) is 17.3 Å². The van der Waals surface area contributed by atoms with E-state index in [9.17, 15) is 13.7 Å². The number of halogens is 1. The van der Waals surface area contributed by atoms with Crippen molar-refractivity contribution in [1.29, 1.82) is 5.26 Å². The van der Waals surface area contributed by atoms with E-state index in [1.54, 1.807) is 24.3 Å². The average Bonchev–Trinajstić information content (AvgIpc) is 2.65. The maximum atomic E-state index is 12.9. The largest absolute Gasteiger partial charge is 0.222 e. The van der Waals surface area contributed by atoms with Gasteiger partial charge in [-0.25, -0.2) is 8.42 Å². The Morgan fingerprint density at radius 2 is 1.68 bits per heavy atom. The van der Waals surface area contributed by atoms with Crippen molar-refractivity contribution in [3.63, 3.8) is 0 Å². The Balaban J connectivity index is 2.53. The van der Waals surface area contributed by atoms with Crippen LogP contribution in [0.25, 0.3) is 0 Å². The van der Waals surface area contributed by atoms with Gasteiger partial charge in [-0.15, -0.1) is 0 Å². The highest BCUT2D eigenvalue weighted by atomic mass is 79.9. The maximum Gasteiger partial charge on any atom is 0.198 e. The lowest BCUT2D eigenvalue weighted by Crippen LogP contribution is -2.37. The van der Waals surface area contributed by atoms with E-state index in [2.05, 4.69) is 22.0 Å².